The van der Waals surface area contributed by atoms with Gasteiger partial charge in [0.25, 0.3) is 0 Å². The molecular weight excluding hydrogens is 214 g/mol. The summed E-state index contributed by atoms with van der Waals surface area (Å²) in [6.45, 7) is 2.99. The number of aliphatic hydroxyl groups is 1. The number of carbonyl (C=O) groups excluding carboxylic acids is 3. The third kappa shape index (κ3) is 10.5. The van der Waals surface area contributed by atoms with E-state index in [0.717, 1.165) is 0 Å². The Labute approximate surface area is 94.0 Å². The number of hydrogen-bond acceptors (Lipinski definition) is 4. The van der Waals surface area contributed by atoms with E-state index in [1.807, 2.05) is 0 Å². The zero-order chi connectivity index (χ0) is 13.4. The van der Waals surface area contributed by atoms with Crippen LogP contribution in [0.25, 0.3) is 0 Å². The Kier molecular flexibility index (Phi) is 8.01. The minimum absolute atomic E-state index is 0.0509. The number of carbonyl (C=O) groups is 3. The van der Waals surface area contributed by atoms with Crippen LogP contribution in [0.3, 0.4) is 0 Å². The van der Waals surface area contributed by atoms with Crippen LogP contribution < -0.4 is 17.2 Å². The van der Waals surface area contributed by atoms with Crippen LogP contribution in [0, 0.1) is 5.41 Å². The van der Waals surface area contributed by atoms with Gasteiger partial charge in [-0.15, -0.1) is 0 Å². The Balaban J connectivity index is 0. The molecule has 0 atom stereocenters. The maximum absolute atomic E-state index is 10.3. The van der Waals surface area contributed by atoms with Gasteiger partial charge in [-0.3, -0.25) is 14.4 Å². The van der Waals surface area contributed by atoms with Gasteiger partial charge in [-0.05, 0) is 13.8 Å². The summed E-state index contributed by atoms with van der Waals surface area (Å²) in [6.07, 6.45) is 0.102. The van der Waals surface area contributed by atoms with Crippen molar-refractivity contribution in [1.29, 1.82) is 0 Å². The quantitative estimate of drug-likeness (QED) is 0.444. The molecule has 0 unspecified atom stereocenters. The van der Waals surface area contributed by atoms with E-state index in [0.29, 0.717) is 0 Å². The molecule has 0 bridgehead atoms. The molecule has 0 aromatic carbocycles. The Bertz CT molecular complexity index is 249. The number of rotatable bonds is 5. The van der Waals surface area contributed by atoms with Gasteiger partial charge in [-0.1, -0.05) is 0 Å². The third-order valence-corrected chi connectivity index (χ3v) is 1.68. The highest BCUT2D eigenvalue weighted by Crippen LogP contribution is 2.10. The molecule has 0 saturated carbocycles. The smallest absolute Gasteiger partial charge is 0.225 e. The lowest BCUT2D eigenvalue weighted by molar-refractivity contribution is -0.127. The van der Waals surface area contributed by atoms with Crippen molar-refractivity contribution in [3.8, 4) is 0 Å². The number of aliphatic hydroxyl groups excluding tert-OH is 1. The van der Waals surface area contributed by atoms with Crippen molar-refractivity contribution in [3.05, 3.63) is 0 Å². The van der Waals surface area contributed by atoms with Gasteiger partial charge in [-0.25, -0.2) is 0 Å². The number of primary amides is 3. The average molecular weight is 233 g/mol. The third-order valence-electron chi connectivity index (χ3n) is 1.68. The summed E-state index contributed by atoms with van der Waals surface area (Å²) in [6, 6.07) is 0. The molecule has 0 aromatic heterocycles. The van der Waals surface area contributed by atoms with Crippen LogP contribution in [0.4, 0.5) is 0 Å². The first-order valence-corrected chi connectivity index (χ1v) is 4.61. The summed E-state index contributed by atoms with van der Waals surface area (Å²) >= 11 is 0. The van der Waals surface area contributed by atoms with E-state index in [2.05, 4.69) is 0 Å². The summed E-state index contributed by atoms with van der Waals surface area (Å²) < 4.78 is 0. The molecule has 0 heterocycles. The van der Waals surface area contributed by atoms with Gasteiger partial charge < -0.3 is 22.3 Å². The zero-order valence-corrected chi connectivity index (χ0v) is 9.53. The predicted octanol–water partition coefficient (Wildman–Crippen LogP) is -1.77. The van der Waals surface area contributed by atoms with E-state index < -0.39 is 23.1 Å². The fourth-order valence-electron chi connectivity index (χ4n) is 0.324. The second kappa shape index (κ2) is 7.63. The molecule has 0 aliphatic carbocycles. The lowest BCUT2D eigenvalue weighted by Crippen LogP contribution is -2.34. The van der Waals surface area contributed by atoms with Crippen molar-refractivity contribution in [2.24, 2.45) is 22.6 Å². The van der Waals surface area contributed by atoms with Crippen molar-refractivity contribution < 1.29 is 19.5 Å². The second-order valence-corrected chi connectivity index (χ2v) is 3.84. The monoisotopic (exact) mass is 233 g/mol. The van der Waals surface area contributed by atoms with Crippen molar-refractivity contribution in [3.63, 3.8) is 0 Å². The fourth-order valence-corrected chi connectivity index (χ4v) is 0.324. The lowest BCUT2D eigenvalue weighted by atomic mass is 9.94. The highest BCUT2D eigenvalue weighted by molar-refractivity contribution is 5.81. The van der Waals surface area contributed by atoms with Crippen LogP contribution in [0.2, 0.25) is 0 Å². The van der Waals surface area contributed by atoms with E-state index in [1.54, 1.807) is 13.8 Å². The predicted molar refractivity (Wildman–Crippen MR) is 57.7 cm³/mol. The van der Waals surface area contributed by atoms with Crippen LogP contribution >= 0.6 is 0 Å². The minimum atomic E-state index is -0.764. The Morgan fingerprint density at radius 2 is 1.31 bits per heavy atom. The van der Waals surface area contributed by atoms with Crippen LogP contribution in [0.15, 0.2) is 0 Å². The lowest BCUT2D eigenvalue weighted by Gasteiger charge is -2.15. The molecule has 0 aliphatic heterocycles. The molecule has 0 saturated heterocycles. The van der Waals surface area contributed by atoms with Crippen molar-refractivity contribution in [2.75, 3.05) is 6.61 Å². The average Bonchev–Trinajstić information content (AvgIpc) is 2.15. The van der Waals surface area contributed by atoms with Gasteiger partial charge in [0.05, 0.1) is 12.0 Å². The SMILES string of the molecule is CC(C)(CO)C(N)=O.NC(=O)CCC(N)=O. The van der Waals surface area contributed by atoms with E-state index >= 15 is 0 Å². The first-order chi connectivity index (χ1) is 7.13. The number of hydrogen-bond donors (Lipinski definition) is 4. The Morgan fingerprint density at radius 1 is 1.00 bits per heavy atom. The van der Waals surface area contributed by atoms with E-state index in [4.69, 9.17) is 22.3 Å². The highest BCUT2D eigenvalue weighted by atomic mass is 16.3. The maximum Gasteiger partial charge on any atom is 0.225 e. The molecule has 94 valence electrons. The summed E-state index contributed by atoms with van der Waals surface area (Å²) in [5.74, 6) is -1.47. The molecule has 7 N–H and O–H groups in total. The van der Waals surface area contributed by atoms with Crippen molar-refractivity contribution >= 4 is 17.7 Å². The first-order valence-electron chi connectivity index (χ1n) is 4.61. The van der Waals surface area contributed by atoms with E-state index in [1.165, 1.54) is 0 Å². The Morgan fingerprint density at radius 3 is 1.38 bits per heavy atom. The highest BCUT2D eigenvalue weighted by Gasteiger charge is 2.22. The van der Waals surface area contributed by atoms with Gasteiger partial charge >= 0.3 is 0 Å². The molecule has 16 heavy (non-hydrogen) atoms. The summed E-state index contributed by atoms with van der Waals surface area (Å²) in [5, 5.41) is 8.46. The standard InChI is InChI=1S/C5H11NO2.C4H8N2O2/c1-5(2,3-7)4(6)8;5-3(7)1-2-4(6)8/h7H,3H2,1-2H3,(H2,6,8);1-2H2,(H2,5,7)(H2,6,8). The van der Waals surface area contributed by atoms with Crippen LogP contribution in [0.5, 0.6) is 0 Å². The molecule has 0 radical (unpaired) electrons. The molecule has 0 rings (SSSR count). The van der Waals surface area contributed by atoms with Gasteiger partial charge in [0, 0.05) is 12.8 Å². The van der Waals surface area contributed by atoms with Crippen molar-refractivity contribution in [2.45, 2.75) is 26.7 Å². The molecular formula is C9H19N3O4. The fraction of sp³-hybridized carbons (Fsp3) is 0.667. The topological polar surface area (TPSA) is 150 Å². The second-order valence-electron chi connectivity index (χ2n) is 3.84. The maximum atomic E-state index is 10.3. The first kappa shape index (κ1) is 16.8. The molecule has 7 heteroatoms. The molecule has 3 amide bonds. The largest absolute Gasteiger partial charge is 0.395 e. The molecule has 0 spiro atoms. The van der Waals surface area contributed by atoms with Crippen molar-refractivity contribution in [1.82, 2.24) is 0 Å². The Hall–Kier alpha value is -1.63. The minimum Gasteiger partial charge on any atom is -0.395 e. The summed E-state index contributed by atoms with van der Waals surface area (Å²) in [4.78, 5) is 30.2. The van der Waals surface area contributed by atoms with Gasteiger partial charge in [0.2, 0.25) is 17.7 Å². The van der Waals surface area contributed by atoms with E-state index in [9.17, 15) is 14.4 Å². The molecule has 0 aromatic rings. The summed E-state index contributed by atoms with van der Waals surface area (Å²) in [7, 11) is 0. The van der Waals surface area contributed by atoms with Gasteiger partial charge in [0.15, 0.2) is 0 Å². The number of nitrogens with two attached hydrogens (primary N) is 3. The van der Waals surface area contributed by atoms with Gasteiger partial charge in [0.1, 0.15) is 0 Å². The van der Waals surface area contributed by atoms with Crippen LogP contribution in [-0.2, 0) is 14.4 Å². The number of amides is 3. The normalized spacial score (nSPS) is 9.94. The van der Waals surface area contributed by atoms with Crippen LogP contribution in [0.1, 0.15) is 26.7 Å². The molecule has 0 aliphatic rings. The summed E-state index contributed by atoms with van der Waals surface area (Å²) in [5.41, 5.74) is 13.5. The van der Waals surface area contributed by atoms with Gasteiger partial charge in [-0.2, -0.15) is 0 Å². The molecule has 7 nitrogen and oxygen atoms in total. The zero-order valence-electron chi connectivity index (χ0n) is 9.53. The molecule has 0 fully saturated rings. The van der Waals surface area contributed by atoms with Crippen LogP contribution in [-0.4, -0.2) is 29.4 Å². The van der Waals surface area contributed by atoms with E-state index in [-0.39, 0.29) is 19.4 Å².